The van der Waals surface area contributed by atoms with Gasteiger partial charge in [0.05, 0.1) is 13.1 Å². The van der Waals surface area contributed by atoms with Crippen LogP contribution < -0.4 is 10.6 Å². The molecular formula is C17H21N3O5. The van der Waals surface area contributed by atoms with Crippen molar-refractivity contribution in [3.63, 3.8) is 0 Å². The first-order valence-corrected chi connectivity index (χ1v) is 7.89. The summed E-state index contributed by atoms with van der Waals surface area (Å²) in [6.45, 7) is 3.58. The Labute approximate surface area is 145 Å². The molecule has 1 aliphatic heterocycles. The molecule has 0 atom stereocenters. The third-order valence-corrected chi connectivity index (χ3v) is 3.88. The third-order valence-electron chi connectivity index (χ3n) is 3.88. The van der Waals surface area contributed by atoms with E-state index in [9.17, 15) is 19.2 Å². The topological polar surface area (TPSA) is 116 Å². The average molecular weight is 347 g/mol. The van der Waals surface area contributed by atoms with E-state index in [4.69, 9.17) is 5.11 Å². The second-order valence-electron chi connectivity index (χ2n) is 6.57. The molecule has 0 spiro atoms. The number of aliphatic carboxylic acids is 1. The van der Waals surface area contributed by atoms with E-state index in [1.165, 1.54) is 0 Å². The van der Waals surface area contributed by atoms with Gasteiger partial charge < -0.3 is 15.7 Å². The molecule has 8 nitrogen and oxygen atoms in total. The summed E-state index contributed by atoms with van der Waals surface area (Å²) >= 11 is 0. The molecule has 0 aromatic heterocycles. The van der Waals surface area contributed by atoms with Crippen molar-refractivity contribution >= 4 is 23.8 Å². The quantitative estimate of drug-likeness (QED) is 0.639. The van der Waals surface area contributed by atoms with Gasteiger partial charge in [-0.3, -0.25) is 19.3 Å². The van der Waals surface area contributed by atoms with Gasteiger partial charge in [-0.25, -0.2) is 4.79 Å². The van der Waals surface area contributed by atoms with E-state index in [1.807, 2.05) is 0 Å². The van der Waals surface area contributed by atoms with Crippen LogP contribution in [0.3, 0.4) is 0 Å². The van der Waals surface area contributed by atoms with Crippen LogP contribution in [0.2, 0.25) is 0 Å². The highest BCUT2D eigenvalue weighted by molar-refractivity contribution is 6.02. The van der Waals surface area contributed by atoms with Gasteiger partial charge in [-0.15, -0.1) is 0 Å². The SMILES string of the molecule is CC(C)(CCC(=O)O)NC(=O)c1cccc(CN2C(=O)CNC2=O)c1. The molecule has 1 aliphatic rings. The second kappa shape index (κ2) is 7.33. The molecule has 25 heavy (non-hydrogen) atoms. The van der Waals surface area contributed by atoms with Crippen LogP contribution in [-0.4, -0.2) is 45.9 Å². The lowest BCUT2D eigenvalue weighted by Gasteiger charge is -2.25. The fraction of sp³-hybridized carbons (Fsp3) is 0.412. The zero-order valence-corrected chi connectivity index (χ0v) is 14.2. The molecule has 1 heterocycles. The van der Waals surface area contributed by atoms with Gasteiger partial charge >= 0.3 is 12.0 Å². The van der Waals surface area contributed by atoms with Gasteiger partial charge in [-0.1, -0.05) is 12.1 Å². The van der Waals surface area contributed by atoms with E-state index in [0.717, 1.165) is 4.90 Å². The maximum absolute atomic E-state index is 12.4. The molecule has 2 rings (SSSR count). The molecule has 0 unspecified atom stereocenters. The first kappa shape index (κ1) is 18.4. The fourth-order valence-electron chi connectivity index (χ4n) is 2.47. The molecule has 1 saturated heterocycles. The van der Waals surface area contributed by atoms with Gasteiger partial charge in [0.1, 0.15) is 0 Å². The number of carboxylic acids is 1. The largest absolute Gasteiger partial charge is 0.481 e. The Kier molecular flexibility index (Phi) is 5.41. The molecule has 8 heteroatoms. The number of benzene rings is 1. The highest BCUT2D eigenvalue weighted by Crippen LogP contribution is 2.15. The highest BCUT2D eigenvalue weighted by Gasteiger charge is 2.28. The number of rotatable bonds is 7. The summed E-state index contributed by atoms with van der Waals surface area (Å²) in [5, 5.41) is 14.0. The molecule has 0 radical (unpaired) electrons. The summed E-state index contributed by atoms with van der Waals surface area (Å²) in [7, 11) is 0. The fourth-order valence-corrected chi connectivity index (χ4v) is 2.47. The number of nitrogens with one attached hydrogen (secondary N) is 2. The summed E-state index contributed by atoms with van der Waals surface area (Å²) in [5.41, 5.74) is 0.366. The maximum atomic E-state index is 12.4. The average Bonchev–Trinajstić information content (AvgIpc) is 2.85. The monoisotopic (exact) mass is 347 g/mol. The first-order valence-electron chi connectivity index (χ1n) is 7.89. The molecule has 1 fully saturated rings. The molecule has 0 aliphatic carbocycles. The van der Waals surface area contributed by atoms with E-state index in [-0.39, 0.29) is 31.3 Å². The van der Waals surface area contributed by atoms with Gasteiger partial charge in [0, 0.05) is 17.5 Å². The van der Waals surface area contributed by atoms with Crippen LogP contribution in [-0.2, 0) is 16.1 Å². The van der Waals surface area contributed by atoms with Crippen molar-refractivity contribution in [3.8, 4) is 0 Å². The van der Waals surface area contributed by atoms with Crippen LogP contribution in [0.15, 0.2) is 24.3 Å². The Balaban J connectivity index is 2.04. The molecule has 1 aromatic rings. The van der Waals surface area contributed by atoms with E-state index in [1.54, 1.807) is 38.1 Å². The number of carbonyl (C=O) groups is 4. The predicted octanol–water partition coefficient (Wildman–Crippen LogP) is 1.11. The molecule has 0 saturated carbocycles. The Morgan fingerprint density at radius 3 is 2.64 bits per heavy atom. The highest BCUT2D eigenvalue weighted by atomic mass is 16.4. The van der Waals surface area contributed by atoms with Crippen LogP contribution in [0.4, 0.5) is 4.79 Å². The minimum Gasteiger partial charge on any atom is -0.481 e. The Morgan fingerprint density at radius 2 is 2.04 bits per heavy atom. The zero-order chi connectivity index (χ0) is 18.6. The summed E-state index contributed by atoms with van der Waals surface area (Å²) in [6, 6.07) is 6.19. The van der Waals surface area contributed by atoms with Crippen LogP contribution in [0.1, 0.15) is 42.6 Å². The van der Waals surface area contributed by atoms with Gasteiger partial charge in [0.15, 0.2) is 0 Å². The zero-order valence-electron chi connectivity index (χ0n) is 14.2. The lowest BCUT2D eigenvalue weighted by Crippen LogP contribution is -2.43. The summed E-state index contributed by atoms with van der Waals surface area (Å²) in [4.78, 5) is 47.4. The van der Waals surface area contributed by atoms with E-state index in [0.29, 0.717) is 17.5 Å². The van der Waals surface area contributed by atoms with Crippen molar-refractivity contribution in [1.82, 2.24) is 15.5 Å². The van der Waals surface area contributed by atoms with E-state index in [2.05, 4.69) is 10.6 Å². The standard InChI is InChI=1S/C17H21N3O5/c1-17(2,7-6-14(22)23)19-15(24)12-5-3-4-11(8-12)10-20-13(21)9-18-16(20)25/h3-5,8H,6-7,9-10H2,1-2H3,(H,18,25)(H,19,24)(H,22,23). The number of hydrogen-bond donors (Lipinski definition) is 3. The molecule has 134 valence electrons. The van der Waals surface area contributed by atoms with E-state index < -0.39 is 17.5 Å². The van der Waals surface area contributed by atoms with Crippen molar-refractivity contribution < 1.29 is 24.3 Å². The Hall–Kier alpha value is -2.90. The smallest absolute Gasteiger partial charge is 0.324 e. The second-order valence-corrected chi connectivity index (χ2v) is 6.57. The van der Waals surface area contributed by atoms with Crippen LogP contribution in [0.5, 0.6) is 0 Å². The first-order chi connectivity index (χ1) is 11.7. The van der Waals surface area contributed by atoms with Crippen molar-refractivity contribution in [1.29, 1.82) is 0 Å². The van der Waals surface area contributed by atoms with E-state index >= 15 is 0 Å². The Bertz CT molecular complexity index is 698. The minimum absolute atomic E-state index is 0.0171. The van der Waals surface area contributed by atoms with Crippen LogP contribution in [0.25, 0.3) is 0 Å². The van der Waals surface area contributed by atoms with Crippen molar-refractivity contribution in [2.75, 3.05) is 6.54 Å². The van der Waals surface area contributed by atoms with Crippen molar-refractivity contribution in [3.05, 3.63) is 35.4 Å². The van der Waals surface area contributed by atoms with Gasteiger partial charge in [-0.2, -0.15) is 0 Å². The molecule has 0 bridgehead atoms. The van der Waals surface area contributed by atoms with Gasteiger partial charge in [-0.05, 0) is 38.0 Å². The number of hydrogen-bond acceptors (Lipinski definition) is 4. The lowest BCUT2D eigenvalue weighted by atomic mass is 9.97. The van der Waals surface area contributed by atoms with Gasteiger partial charge in [0.2, 0.25) is 5.91 Å². The number of amides is 4. The number of imide groups is 1. The molecule has 4 amide bonds. The Morgan fingerprint density at radius 1 is 1.32 bits per heavy atom. The third kappa shape index (κ3) is 5.03. The normalized spacial score (nSPS) is 14.4. The van der Waals surface area contributed by atoms with Crippen molar-refractivity contribution in [2.24, 2.45) is 0 Å². The van der Waals surface area contributed by atoms with Crippen LogP contribution >= 0.6 is 0 Å². The summed E-state index contributed by atoms with van der Waals surface area (Å²) < 4.78 is 0. The summed E-state index contributed by atoms with van der Waals surface area (Å²) in [5.74, 6) is -1.57. The lowest BCUT2D eigenvalue weighted by molar-refractivity contribution is -0.137. The van der Waals surface area contributed by atoms with Crippen LogP contribution in [0, 0.1) is 0 Å². The van der Waals surface area contributed by atoms with Gasteiger partial charge in [0.25, 0.3) is 5.91 Å². The molecule has 3 N–H and O–H groups in total. The minimum atomic E-state index is -0.919. The molecular weight excluding hydrogens is 326 g/mol. The maximum Gasteiger partial charge on any atom is 0.324 e. The number of carboxylic acid groups (broad SMARTS) is 1. The molecule has 1 aromatic carbocycles. The number of urea groups is 1. The summed E-state index contributed by atoms with van der Waals surface area (Å²) in [6.07, 6.45) is 0.260. The van der Waals surface area contributed by atoms with Crippen molar-refractivity contribution in [2.45, 2.75) is 38.8 Å². The number of carbonyl (C=O) groups excluding carboxylic acids is 3. The predicted molar refractivity (Wildman–Crippen MR) is 88.8 cm³/mol. The number of nitrogens with zero attached hydrogens (tertiary/aromatic N) is 1.